The van der Waals surface area contributed by atoms with Crippen LogP contribution in [0.3, 0.4) is 0 Å². The van der Waals surface area contributed by atoms with Crippen molar-refractivity contribution in [3.8, 4) is 0 Å². The Bertz CT molecular complexity index is 767. The number of anilines is 1. The number of hydrogen-bond donors (Lipinski definition) is 1. The average molecular weight is 324 g/mol. The van der Waals surface area contributed by atoms with Crippen molar-refractivity contribution in [2.45, 2.75) is 51.2 Å². The number of carbonyl (C=O) groups is 1. The third-order valence-electron chi connectivity index (χ3n) is 5.26. The first-order chi connectivity index (χ1) is 11.3. The van der Waals surface area contributed by atoms with Gasteiger partial charge in [-0.05, 0) is 67.0 Å². The van der Waals surface area contributed by atoms with Gasteiger partial charge < -0.3 is 5.32 Å². The number of benzene rings is 1. The van der Waals surface area contributed by atoms with Gasteiger partial charge in [0, 0.05) is 29.7 Å². The zero-order valence-corrected chi connectivity index (χ0v) is 13.9. The summed E-state index contributed by atoms with van der Waals surface area (Å²) in [5.74, 6) is 0.0420. The molecule has 3 aliphatic rings. The SMILES string of the molecule is O=C(Nc1ccc2c(c1)CCC2)c1cc2c(s1)CN(C1CC1)C2. The van der Waals surface area contributed by atoms with Crippen molar-refractivity contribution in [3.63, 3.8) is 0 Å². The van der Waals surface area contributed by atoms with Crippen LogP contribution in [0.4, 0.5) is 5.69 Å². The summed E-state index contributed by atoms with van der Waals surface area (Å²) in [5.41, 5.74) is 5.14. The molecule has 2 aliphatic carbocycles. The summed E-state index contributed by atoms with van der Waals surface area (Å²) >= 11 is 1.67. The van der Waals surface area contributed by atoms with Crippen LogP contribution in [0.25, 0.3) is 0 Å². The van der Waals surface area contributed by atoms with Crippen LogP contribution in [-0.2, 0) is 25.9 Å². The highest BCUT2D eigenvalue weighted by atomic mass is 32.1. The van der Waals surface area contributed by atoms with E-state index < -0.39 is 0 Å². The van der Waals surface area contributed by atoms with Crippen LogP contribution in [0.1, 0.15) is 50.5 Å². The Hall–Kier alpha value is -1.65. The second kappa shape index (κ2) is 5.18. The van der Waals surface area contributed by atoms with E-state index in [1.54, 1.807) is 11.3 Å². The Kier molecular flexibility index (Phi) is 3.10. The minimum Gasteiger partial charge on any atom is -0.321 e. The van der Waals surface area contributed by atoms with Crippen molar-refractivity contribution in [2.24, 2.45) is 0 Å². The van der Waals surface area contributed by atoms with Crippen molar-refractivity contribution >= 4 is 22.9 Å². The topological polar surface area (TPSA) is 32.3 Å². The fourth-order valence-electron chi connectivity index (χ4n) is 3.85. The van der Waals surface area contributed by atoms with Crippen LogP contribution >= 0.6 is 11.3 Å². The summed E-state index contributed by atoms with van der Waals surface area (Å²) in [7, 11) is 0. The first-order valence-electron chi connectivity index (χ1n) is 8.55. The highest BCUT2D eigenvalue weighted by Gasteiger charge is 2.34. The molecule has 1 aliphatic heterocycles. The molecule has 0 unspecified atom stereocenters. The van der Waals surface area contributed by atoms with Gasteiger partial charge >= 0.3 is 0 Å². The molecular weight excluding hydrogens is 304 g/mol. The molecule has 3 nitrogen and oxygen atoms in total. The molecule has 1 amide bonds. The van der Waals surface area contributed by atoms with Gasteiger partial charge in [-0.25, -0.2) is 0 Å². The van der Waals surface area contributed by atoms with Gasteiger partial charge in [0.1, 0.15) is 0 Å². The zero-order valence-electron chi connectivity index (χ0n) is 13.1. The number of rotatable bonds is 3. The molecule has 4 heteroatoms. The summed E-state index contributed by atoms with van der Waals surface area (Å²) in [6.07, 6.45) is 6.26. The monoisotopic (exact) mass is 324 g/mol. The van der Waals surface area contributed by atoms with Crippen LogP contribution in [0.2, 0.25) is 0 Å². The van der Waals surface area contributed by atoms with E-state index in [1.165, 1.54) is 47.3 Å². The highest BCUT2D eigenvalue weighted by molar-refractivity contribution is 7.14. The molecule has 0 saturated heterocycles. The van der Waals surface area contributed by atoms with Gasteiger partial charge in [0.15, 0.2) is 0 Å². The van der Waals surface area contributed by atoms with Crippen LogP contribution in [0.5, 0.6) is 0 Å². The van der Waals surface area contributed by atoms with E-state index in [-0.39, 0.29) is 5.91 Å². The lowest BCUT2D eigenvalue weighted by molar-refractivity contribution is 0.103. The fourth-order valence-corrected chi connectivity index (χ4v) is 4.94. The van der Waals surface area contributed by atoms with E-state index in [0.717, 1.165) is 36.1 Å². The quantitative estimate of drug-likeness (QED) is 0.926. The van der Waals surface area contributed by atoms with E-state index in [0.29, 0.717) is 0 Å². The molecule has 118 valence electrons. The van der Waals surface area contributed by atoms with E-state index >= 15 is 0 Å². The molecule has 2 heterocycles. The third kappa shape index (κ3) is 2.50. The predicted octanol–water partition coefficient (Wildman–Crippen LogP) is 3.97. The minimum absolute atomic E-state index is 0.0420. The molecule has 0 bridgehead atoms. The lowest BCUT2D eigenvalue weighted by atomic mass is 10.1. The normalized spacial score (nSPS) is 19.7. The molecule has 23 heavy (non-hydrogen) atoms. The molecular formula is C19H20N2OS. The Balaban J connectivity index is 1.31. The van der Waals surface area contributed by atoms with E-state index in [4.69, 9.17) is 0 Å². The zero-order chi connectivity index (χ0) is 15.4. The van der Waals surface area contributed by atoms with Crippen molar-refractivity contribution < 1.29 is 4.79 Å². The van der Waals surface area contributed by atoms with Gasteiger partial charge in [0.25, 0.3) is 5.91 Å². The Morgan fingerprint density at radius 3 is 2.78 bits per heavy atom. The second-order valence-electron chi connectivity index (χ2n) is 6.99. The number of aryl methyl sites for hydroxylation is 2. The Morgan fingerprint density at radius 2 is 1.96 bits per heavy atom. The maximum absolute atomic E-state index is 12.5. The number of carbonyl (C=O) groups excluding carboxylic acids is 1. The summed E-state index contributed by atoms with van der Waals surface area (Å²) in [6.45, 7) is 2.07. The van der Waals surface area contributed by atoms with Gasteiger partial charge in [-0.15, -0.1) is 11.3 Å². The van der Waals surface area contributed by atoms with Crippen LogP contribution in [0.15, 0.2) is 24.3 Å². The van der Waals surface area contributed by atoms with Gasteiger partial charge in [-0.2, -0.15) is 0 Å². The smallest absolute Gasteiger partial charge is 0.265 e. The third-order valence-corrected chi connectivity index (χ3v) is 6.42. The fraction of sp³-hybridized carbons (Fsp3) is 0.421. The number of nitrogens with zero attached hydrogens (tertiary/aromatic N) is 1. The summed E-state index contributed by atoms with van der Waals surface area (Å²) in [4.78, 5) is 17.3. The van der Waals surface area contributed by atoms with Gasteiger partial charge in [0.05, 0.1) is 4.88 Å². The number of thiophene rings is 1. The van der Waals surface area contributed by atoms with Gasteiger partial charge in [-0.3, -0.25) is 9.69 Å². The van der Waals surface area contributed by atoms with Gasteiger partial charge in [0.2, 0.25) is 0 Å². The lowest BCUT2D eigenvalue weighted by Gasteiger charge is -2.12. The van der Waals surface area contributed by atoms with Crippen molar-refractivity contribution in [1.82, 2.24) is 4.90 Å². The molecule has 0 spiro atoms. The first-order valence-corrected chi connectivity index (χ1v) is 9.37. The van der Waals surface area contributed by atoms with E-state index in [2.05, 4.69) is 28.4 Å². The van der Waals surface area contributed by atoms with E-state index in [1.807, 2.05) is 6.07 Å². The van der Waals surface area contributed by atoms with Crippen LogP contribution in [-0.4, -0.2) is 16.8 Å². The first kappa shape index (κ1) is 13.8. The van der Waals surface area contributed by atoms with E-state index in [9.17, 15) is 4.79 Å². The summed E-state index contributed by atoms with van der Waals surface area (Å²) < 4.78 is 0. The average Bonchev–Trinajstić information content (AvgIpc) is 2.97. The molecule has 5 rings (SSSR count). The molecule has 1 aromatic heterocycles. The maximum atomic E-state index is 12.5. The van der Waals surface area contributed by atoms with Crippen molar-refractivity contribution in [1.29, 1.82) is 0 Å². The molecule has 1 N–H and O–H groups in total. The Morgan fingerprint density at radius 1 is 1.09 bits per heavy atom. The molecule has 2 aromatic rings. The number of hydrogen-bond acceptors (Lipinski definition) is 3. The molecule has 1 saturated carbocycles. The number of nitrogens with one attached hydrogen (secondary N) is 1. The summed E-state index contributed by atoms with van der Waals surface area (Å²) in [6, 6.07) is 9.26. The number of amides is 1. The number of fused-ring (bicyclic) bond motifs is 2. The van der Waals surface area contributed by atoms with Crippen LogP contribution < -0.4 is 5.32 Å². The Labute approximate surface area is 140 Å². The lowest BCUT2D eigenvalue weighted by Crippen LogP contribution is -2.18. The highest BCUT2D eigenvalue weighted by Crippen LogP contribution is 2.38. The van der Waals surface area contributed by atoms with Crippen molar-refractivity contribution in [2.75, 3.05) is 5.32 Å². The second-order valence-corrected chi connectivity index (χ2v) is 8.12. The predicted molar refractivity (Wildman–Crippen MR) is 93.0 cm³/mol. The standard InChI is InChI=1S/C19H20N2OS/c22-19(20-15-5-4-12-2-1-3-13(12)8-15)17-9-14-10-21(16-6-7-16)11-18(14)23-17/h4-5,8-9,16H,1-3,6-7,10-11H2,(H,20,22). The minimum atomic E-state index is 0.0420. The largest absolute Gasteiger partial charge is 0.321 e. The molecule has 0 radical (unpaired) electrons. The molecule has 1 aromatic carbocycles. The van der Waals surface area contributed by atoms with Crippen molar-refractivity contribution in [3.05, 3.63) is 50.7 Å². The maximum Gasteiger partial charge on any atom is 0.265 e. The molecule has 1 fully saturated rings. The molecule has 0 atom stereocenters. The van der Waals surface area contributed by atoms with Crippen LogP contribution in [0, 0.1) is 0 Å². The summed E-state index contributed by atoms with van der Waals surface area (Å²) in [5, 5.41) is 3.08. The van der Waals surface area contributed by atoms with Gasteiger partial charge in [-0.1, -0.05) is 6.07 Å².